The first-order valence-electron chi connectivity index (χ1n) is 7.18. The topological polar surface area (TPSA) is 66.0 Å². The second kappa shape index (κ2) is 6.18. The number of nitrogens with one attached hydrogen (secondary N) is 1. The normalized spacial score (nSPS) is 11.4. The Bertz CT molecular complexity index is 702. The summed E-state index contributed by atoms with van der Waals surface area (Å²) in [5.74, 6) is -0.756. The van der Waals surface area contributed by atoms with Crippen LogP contribution in [0.25, 0.3) is 11.0 Å². The molecule has 0 atom stereocenters. The van der Waals surface area contributed by atoms with Gasteiger partial charge in [-0.3, -0.25) is 4.79 Å². The summed E-state index contributed by atoms with van der Waals surface area (Å²) in [6, 6.07) is 6.64. The molecule has 2 rings (SSSR count). The zero-order chi connectivity index (χ0) is 16.3. The minimum atomic E-state index is -0.478. The van der Waals surface area contributed by atoms with Gasteiger partial charge in [-0.2, -0.15) is 5.26 Å². The summed E-state index contributed by atoms with van der Waals surface area (Å²) in [5.41, 5.74) is 0.779. The summed E-state index contributed by atoms with van der Waals surface area (Å²) in [6.07, 6.45) is 1.13. The predicted molar refractivity (Wildman–Crippen MR) is 81.9 cm³/mol. The van der Waals surface area contributed by atoms with Crippen LogP contribution >= 0.6 is 0 Å². The van der Waals surface area contributed by atoms with Gasteiger partial charge >= 0.3 is 0 Å². The van der Waals surface area contributed by atoms with Crippen LogP contribution in [-0.4, -0.2) is 12.5 Å². The quantitative estimate of drug-likeness (QED) is 0.909. The lowest BCUT2D eigenvalue weighted by Crippen LogP contribution is -2.33. The second-order valence-electron chi connectivity index (χ2n) is 6.22. The van der Waals surface area contributed by atoms with E-state index in [0.29, 0.717) is 24.8 Å². The van der Waals surface area contributed by atoms with Crippen molar-refractivity contribution in [1.29, 1.82) is 5.26 Å². The molecule has 0 saturated heterocycles. The highest BCUT2D eigenvalue weighted by Gasteiger charge is 2.21. The Kier molecular flexibility index (Phi) is 4.51. The smallest absolute Gasteiger partial charge is 0.287 e. The Morgan fingerprint density at radius 3 is 2.82 bits per heavy atom. The van der Waals surface area contributed by atoms with Crippen LogP contribution < -0.4 is 5.32 Å². The number of rotatable bonds is 5. The first-order valence-corrected chi connectivity index (χ1v) is 7.18. The van der Waals surface area contributed by atoms with Gasteiger partial charge in [-0.05, 0) is 36.5 Å². The van der Waals surface area contributed by atoms with Gasteiger partial charge in [-0.1, -0.05) is 19.9 Å². The van der Waals surface area contributed by atoms with E-state index >= 15 is 0 Å². The van der Waals surface area contributed by atoms with Crippen molar-refractivity contribution in [3.63, 3.8) is 0 Å². The molecule has 22 heavy (non-hydrogen) atoms. The first-order chi connectivity index (χ1) is 10.3. The van der Waals surface area contributed by atoms with Gasteiger partial charge < -0.3 is 9.73 Å². The van der Waals surface area contributed by atoms with Gasteiger partial charge in [-0.15, -0.1) is 0 Å². The van der Waals surface area contributed by atoms with E-state index < -0.39 is 5.82 Å². The number of furan rings is 1. The highest BCUT2D eigenvalue weighted by molar-refractivity contribution is 5.96. The number of nitriles is 1. The molecule has 0 spiro atoms. The van der Waals surface area contributed by atoms with Gasteiger partial charge in [0.1, 0.15) is 0 Å². The molecule has 116 valence electrons. The highest BCUT2D eigenvalue weighted by Crippen LogP contribution is 2.26. The third-order valence-electron chi connectivity index (χ3n) is 3.72. The minimum Gasteiger partial charge on any atom is -0.448 e. The molecule has 0 aliphatic carbocycles. The summed E-state index contributed by atoms with van der Waals surface area (Å²) in [6.45, 7) is 6.22. The van der Waals surface area contributed by atoms with E-state index in [9.17, 15) is 9.18 Å². The van der Waals surface area contributed by atoms with Crippen molar-refractivity contribution in [2.45, 2.75) is 33.6 Å². The van der Waals surface area contributed by atoms with Crippen molar-refractivity contribution >= 4 is 16.9 Å². The molecule has 1 aromatic carbocycles. The van der Waals surface area contributed by atoms with Gasteiger partial charge in [0, 0.05) is 18.4 Å². The maximum atomic E-state index is 13.7. The van der Waals surface area contributed by atoms with E-state index in [0.717, 1.165) is 5.56 Å². The van der Waals surface area contributed by atoms with Crippen molar-refractivity contribution in [1.82, 2.24) is 5.32 Å². The standard InChI is InChI=1S/C17H19FN2O2/c1-11-5-6-13(18)15-12(11)9-14(22-15)16(21)20-10-17(2,3)7-4-8-19/h5-6,9H,4,7,10H2,1-3H3,(H,20,21). The van der Waals surface area contributed by atoms with E-state index in [1.165, 1.54) is 6.07 Å². The zero-order valence-electron chi connectivity index (χ0n) is 13.0. The van der Waals surface area contributed by atoms with Crippen molar-refractivity contribution in [3.05, 3.63) is 35.3 Å². The van der Waals surface area contributed by atoms with Crippen LogP contribution in [0.15, 0.2) is 22.6 Å². The molecule has 2 aromatic rings. The summed E-state index contributed by atoms with van der Waals surface area (Å²) >= 11 is 0. The molecule has 1 aromatic heterocycles. The molecular formula is C17H19FN2O2. The zero-order valence-corrected chi connectivity index (χ0v) is 13.0. The van der Waals surface area contributed by atoms with Gasteiger partial charge in [0.15, 0.2) is 17.2 Å². The van der Waals surface area contributed by atoms with Crippen LogP contribution in [0.5, 0.6) is 0 Å². The molecule has 0 fully saturated rings. The molecule has 0 radical (unpaired) electrons. The molecule has 0 saturated carbocycles. The fraction of sp³-hybridized carbons (Fsp3) is 0.412. The lowest BCUT2D eigenvalue weighted by atomic mass is 9.88. The number of benzene rings is 1. The summed E-state index contributed by atoms with van der Waals surface area (Å²) in [5, 5.41) is 12.0. The Morgan fingerprint density at radius 2 is 2.18 bits per heavy atom. The van der Waals surface area contributed by atoms with Gasteiger partial charge in [-0.25, -0.2) is 4.39 Å². The molecule has 0 bridgehead atoms. The molecule has 4 nitrogen and oxygen atoms in total. The van der Waals surface area contributed by atoms with Crippen LogP contribution in [-0.2, 0) is 0 Å². The van der Waals surface area contributed by atoms with E-state index in [2.05, 4.69) is 11.4 Å². The molecule has 5 heteroatoms. The number of hydrogen-bond donors (Lipinski definition) is 1. The number of hydrogen-bond acceptors (Lipinski definition) is 3. The number of carbonyl (C=O) groups excluding carboxylic acids is 1. The van der Waals surface area contributed by atoms with Gasteiger partial charge in [0.2, 0.25) is 0 Å². The predicted octanol–water partition coefficient (Wildman–Crippen LogP) is 3.94. The molecule has 1 N–H and O–H groups in total. The van der Waals surface area contributed by atoms with E-state index in [-0.39, 0.29) is 22.7 Å². The van der Waals surface area contributed by atoms with Gasteiger partial charge in [0.25, 0.3) is 5.91 Å². The van der Waals surface area contributed by atoms with Crippen LogP contribution in [0.2, 0.25) is 0 Å². The van der Waals surface area contributed by atoms with E-state index in [4.69, 9.17) is 9.68 Å². The molecule has 0 aliphatic rings. The monoisotopic (exact) mass is 302 g/mol. The second-order valence-corrected chi connectivity index (χ2v) is 6.22. The number of nitrogens with zero attached hydrogens (tertiary/aromatic N) is 1. The summed E-state index contributed by atoms with van der Waals surface area (Å²) in [4.78, 5) is 12.2. The highest BCUT2D eigenvalue weighted by atomic mass is 19.1. The minimum absolute atomic E-state index is 0.0966. The van der Waals surface area contributed by atoms with Crippen LogP contribution in [0.4, 0.5) is 4.39 Å². The first kappa shape index (κ1) is 16.0. The molecule has 1 heterocycles. The summed E-state index contributed by atoms with van der Waals surface area (Å²) in [7, 11) is 0. The number of fused-ring (bicyclic) bond motifs is 1. The van der Waals surface area contributed by atoms with Gasteiger partial charge in [0.05, 0.1) is 6.07 Å². The molecule has 1 amide bonds. The largest absolute Gasteiger partial charge is 0.448 e. The van der Waals surface area contributed by atoms with Crippen molar-refractivity contribution < 1.29 is 13.6 Å². The SMILES string of the molecule is Cc1ccc(F)c2oc(C(=O)NCC(C)(C)CCC#N)cc12. The Balaban J connectivity index is 2.12. The third kappa shape index (κ3) is 3.45. The third-order valence-corrected chi connectivity index (χ3v) is 3.72. The number of amides is 1. The Hall–Kier alpha value is -2.35. The van der Waals surface area contributed by atoms with E-state index in [1.54, 1.807) is 12.1 Å². The maximum absolute atomic E-state index is 13.7. The fourth-order valence-corrected chi connectivity index (χ4v) is 2.23. The number of carbonyl (C=O) groups is 1. The molecular weight excluding hydrogens is 283 g/mol. The van der Waals surface area contributed by atoms with Crippen molar-refractivity contribution in [2.75, 3.05) is 6.54 Å². The molecule has 0 aliphatic heterocycles. The lowest BCUT2D eigenvalue weighted by molar-refractivity contribution is 0.0909. The number of aryl methyl sites for hydroxylation is 1. The Labute approximate surface area is 128 Å². The average Bonchev–Trinajstić information content (AvgIpc) is 2.93. The average molecular weight is 302 g/mol. The van der Waals surface area contributed by atoms with Crippen LogP contribution in [0.1, 0.15) is 42.8 Å². The lowest BCUT2D eigenvalue weighted by Gasteiger charge is -2.23. The summed E-state index contributed by atoms with van der Waals surface area (Å²) < 4.78 is 19.0. The van der Waals surface area contributed by atoms with Crippen LogP contribution in [0.3, 0.4) is 0 Å². The van der Waals surface area contributed by atoms with Crippen molar-refractivity contribution in [3.8, 4) is 6.07 Å². The van der Waals surface area contributed by atoms with Crippen LogP contribution in [0, 0.1) is 29.5 Å². The maximum Gasteiger partial charge on any atom is 0.287 e. The Morgan fingerprint density at radius 1 is 1.45 bits per heavy atom. The van der Waals surface area contributed by atoms with E-state index in [1.807, 2.05) is 20.8 Å². The number of halogens is 1. The fourth-order valence-electron chi connectivity index (χ4n) is 2.23. The molecule has 0 unspecified atom stereocenters. The van der Waals surface area contributed by atoms with Crippen molar-refractivity contribution in [2.24, 2.45) is 5.41 Å².